The summed E-state index contributed by atoms with van der Waals surface area (Å²) in [5, 5.41) is 0. The second kappa shape index (κ2) is 1.02. The predicted molar refractivity (Wildman–Crippen MR) is 5.54 cm³/mol. The summed E-state index contributed by atoms with van der Waals surface area (Å²) in [4.78, 5) is 0. The first-order valence-corrected chi connectivity index (χ1v) is 5.59. The molecule has 0 unspecified atom stereocenters. The summed E-state index contributed by atoms with van der Waals surface area (Å²) in [5.41, 5.74) is 0. The summed E-state index contributed by atoms with van der Waals surface area (Å²) in [7, 11) is 0. The molecule has 0 aromatic carbocycles. The standard InChI is InChI=1S/5FH.Zr/h5*1H;/q;;;;;+5/p-5. The summed E-state index contributed by atoms with van der Waals surface area (Å²) < 4.78 is 49.6. The first-order valence-electron chi connectivity index (χ1n) is 0.945. The molecule has 0 atom stereocenters. The van der Waals surface area contributed by atoms with Crippen LogP contribution in [0.1, 0.15) is 0 Å². The van der Waals surface area contributed by atoms with Crippen molar-refractivity contribution in [2.24, 2.45) is 0 Å². The van der Waals surface area contributed by atoms with Gasteiger partial charge in [0.25, 0.3) is 0 Å². The Bertz CT molecular complexity index is 37.1. The van der Waals surface area contributed by atoms with Gasteiger partial charge in [-0.15, -0.1) is 0 Å². The molecule has 0 rings (SSSR count). The molecule has 0 radical (unpaired) electrons. The molecule has 0 N–H and O–H groups in total. The van der Waals surface area contributed by atoms with Crippen LogP contribution in [0.2, 0.25) is 0 Å². The molecule has 0 aliphatic heterocycles. The van der Waals surface area contributed by atoms with Crippen molar-refractivity contribution in [2.45, 2.75) is 0 Å². The van der Waals surface area contributed by atoms with E-state index >= 15 is 0 Å². The van der Waals surface area contributed by atoms with Crippen LogP contribution in [-0.4, -0.2) is 0 Å². The Hall–Kier alpha value is 0.533. The van der Waals surface area contributed by atoms with Crippen molar-refractivity contribution < 1.29 is 35.0 Å². The van der Waals surface area contributed by atoms with Crippen LogP contribution < -0.4 is 0 Å². The second-order valence-electron chi connectivity index (χ2n) is 0.714. The van der Waals surface area contributed by atoms with Crippen LogP contribution in [0.4, 0.5) is 13.1 Å². The quantitative estimate of drug-likeness (QED) is 0.508. The molecule has 0 aromatic heterocycles. The Labute approximate surface area is 35.5 Å². The summed E-state index contributed by atoms with van der Waals surface area (Å²) in [5.74, 6) is 0. The van der Waals surface area contributed by atoms with Gasteiger partial charge in [-0.05, 0) is 0 Å². The van der Waals surface area contributed by atoms with Crippen LogP contribution in [-0.2, 0) is 21.8 Å². The number of rotatable bonds is 0. The molecule has 39 valence electrons. The van der Waals surface area contributed by atoms with Crippen LogP contribution in [0, 0.1) is 0 Å². The van der Waals surface area contributed by atoms with E-state index in [9.17, 15) is 13.1 Å². The summed E-state index contributed by atoms with van der Waals surface area (Å²) in [6.07, 6.45) is 0. The van der Waals surface area contributed by atoms with E-state index in [4.69, 9.17) is 0 Å². The normalized spacial score (nSPS) is 19.2. The zero-order valence-corrected chi connectivity index (χ0v) is 4.85. The molecule has 6 heavy (non-hydrogen) atoms. The molecule has 0 fully saturated rings. The molecule has 0 nitrogen and oxygen atoms in total. The third kappa shape index (κ3) is 199. The van der Waals surface area contributed by atoms with Gasteiger partial charge >= 0.3 is 35.0 Å². The van der Waals surface area contributed by atoms with Gasteiger partial charge in [0.1, 0.15) is 0 Å². The van der Waals surface area contributed by atoms with E-state index < -0.39 is 21.8 Å². The molecule has 6 heteroatoms. The van der Waals surface area contributed by atoms with E-state index in [0.717, 1.165) is 0 Å². The summed E-state index contributed by atoms with van der Waals surface area (Å²) >= 11 is -9.26. The average Bonchev–Trinajstić information content (AvgIpc) is 0.650. The molecule has 0 bridgehead atoms. The van der Waals surface area contributed by atoms with Crippen LogP contribution in [0.3, 0.4) is 0 Å². The van der Waals surface area contributed by atoms with Crippen molar-refractivity contribution in [3.63, 3.8) is 0 Å². The molecule has 0 saturated heterocycles. The van der Waals surface area contributed by atoms with Crippen LogP contribution in [0.25, 0.3) is 0 Å². The fourth-order valence-corrected chi connectivity index (χ4v) is 0. The van der Waals surface area contributed by atoms with Crippen molar-refractivity contribution in [1.29, 1.82) is 0 Å². The minimum atomic E-state index is -9.26. The molecule has 0 heterocycles. The van der Waals surface area contributed by atoms with Crippen LogP contribution >= 0.6 is 0 Å². The molecule has 0 aliphatic carbocycles. The Morgan fingerprint density at radius 1 is 0.667 bits per heavy atom. The fraction of sp³-hybridized carbons (Fsp3) is 0. The molecular formula is F5Zr. The first-order chi connectivity index (χ1) is 2.24. The third-order valence-corrected chi connectivity index (χ3v) is 0. The molecule has 0 spiro atoms. The van der Waals surface area contributed by atoms with Crippen LogP contribution in [0.5, 0.6) is 0 Å². The zero-order chi connectivity index (χ0) is 5.45. The second-order valence-corrected chi connectivity index (χ2v) is 4.23. The number of halogens is 5. The van der Waals surface area contributed by atoms with Crippen LogP contribution in [0.15, 0.2) is 0 Å². The van der Waals surface area contributed by atoms with E-state index in [-0.39, 0.29) is 0 Å². The number of hydrogen-bond acceptors (Lipinski definition) is 0. The third-order valence-electron chi connectivity index (χ3n) is 0. The Balaban J connectivity index is 3.73. The van der Waals surface area contributed by atoms with Gasteiger partial charge in [-0.25, -0.2) is 0 Å². The van der Waals surface area contributed by atoms with Gasteiger partial charge in [-0.1, -0.05) is 0 Å². The van der Waals surface area contributed by atoms with E-state index in [1.165, 1.54) is 0 Å². The van der Waals surface area contributed by atoms with Gasteiger partial charge in [0, 0.05) is 0 Å². The van der Waals surface area contributed by atoms with Gasteiger partial charge in [0.05, 0.1) is 0 Å². The molecule has 0 aliphatic rings. The van der Waals surface area contributed by atoms with E-state index in [0.29, 0.717) is 0 Å². The van der Waals surface area contributed by atoms with Crippen molar-refractivity contribution in [1.82, 2.24) is 0 Å². The number of hydrogen-bond donors (Lipinski definition) is 0. The molecule has 0 amide bonds. The minimum absolute atomic E-state index is 9.26. The Morgan fingerprint density at radius 2 is 0.667 bits per heavy atom. The Kier molecular flexibility index (Phi) is 1.12. The fourth-order valence-electron chi connectivity index (χ4n) is 0. The van der Waals surface area contributed by atoms with E-state index in [1.54, 1.807) is 0 Å². The van der Waals surface area contributed by atoms with Crippen molar-refractivity contribution in [2.75, 3.05) is 0 Å². The molecule has 0 aromatic rings. The van der Waals surface area contributed by atoms with E-state index in [1.807, 2.05) is 0 Å². The maximum atomic E-state index is 9.92. The van der Waals surface area contributed by atoms with Gasteiger partial charge in [-0.3, -0.25) is 0 Å². The maximum absolute atomic E-state index is 9.92. The zero-order valence-electron chi connectivity index (χ0n) is 2.39. The average molecular weight is 186 g/mol. The monoisotopic (exact) mass is 185 g/mol. The predicted octanol–water partition coefficient (Wildman–Crippen LogP) is 2.10. The molecule has 0 saturated carbocycles. The van der Waals surface area contributed by atoms with Crippen molar-refractivity contribution >= 4 is 0 Å². The van der Waals surface area contributed by atoms with E-state index in [2.05, 4.69) is 0 Å². The van der Waals surface area contributed by atoms with Gasteiger partial charge in [-0.2, -0.15) is 0 Å². The van der Waals surface area contributed by atoms with Gasteiger partial charge < -0.3 is 0 Å². The first kappa shape index (κ1) is 6.53. The van der Waals surface area contributed by atoms with Gasteiger partial charge in [0.15, 0.2) is 0 Å². The summed E-state index contributed by atoms with van der Waals surface area (Å²) in [6.45, 7) is 0. The Morgan fingerprint density at radius 3 is 0.667 bits per heavy atom. The molecular weight excluding hydrogens is 186 g/mol. The topological polar surface area (TPSA) is 0 Å². The van der Waals surface area contributed by atoms with Gasteiger partial charge in [0.2, 0.25) is 0 Å². The van der Waals surface area contributed by atoms with Crippen molar-refractivity contribution in [3.05, 3.63) is 0 Å². The summed E-state index contributed by atoms with van der Waals surface area (Å²) in [6, 6.07) is 0. The SMILES string of the molecule is [F][Zr]([F])([F])([F])[F]. The van der Waals surface area contributed by atoms with Crippen molar-refractivity contribution in [3.8, 4) is 0 Å².